The first-order chi connectivity index (χ1) is 8.61. The molecule has 100 valence electrons. The lowest BCUT2D eigenvalue weighted by molar-refractivity contribution is 0.270. The second kappa shape index (κ2) is 6.51. The van der Waals surface area contributed by atoms with Crippen LogP contribution in [0.5, 0.6) is 0 Å². The van der Waals surface area contributed by atoms with Crippen molar-refractivity contribution in [3.63, 3.8) is 0 Å². The number of benzene rings is 1. The van der Waals surface area contributed by atoms with Crippen LogP contribution >= 0.6 is 31.9 Å². The van der Waals surface area contributed by atoms with Crippen molar-refractivity contribution in [1.29, 1.82) is 0 Å². The molecule has 1 saturated carbocycles. The van der Waals surface area contributed by atoms with Gasteiger partial charge in [0.05, 0.1) is 4.47 Å². The molecule has 0 aliphatic heterocycles. The normalized spacial score (nSPS) is 28.3. The van der Waals surface area contributed by atoms with Gasteiger partial charge in [-0.2, -0.15) is 0 Å². The Bertz CT molecular complexity index is 405. The van der Waals surface area contributed by atoms with E-state index in [1.165, 1.54) is 31.7 Å². The predicted octanol–water partition coefficient (Wildman–Crippen LogP) is 5.72. The molecule has 0 heterocycles. The van der Waals surface area contributed by atoms with E-state index in [2.05, 4.69) is 38.8 Å². The van der Waals surface area contributed by atoms with Crippen molar-refractivity contribution in [1.82, 2.24) is 0 Å². The first kappa shape index (κ1) is 14.5. The maximum Gasteiger partial charge on any atom is 0.137 e. The molecule has 2 rings (SSSR count). The van der Waals surface area contributed by atoms with Crippen molar-refractivity contribution in [2.24, 2.45) is 11.8 Å². The zero-order chi connectivity index (χ0) is 13.1. The summed E-state index contributed by atoms with van der Waals surface area (Å²) in [6.45, 7) is 2.27. The van der Waals surface area contributed by atoms with Crippen LogP contribution in [0.1, 0.15) is 38.2 Å². The van der Waals surface area contributed by atoms with Crippen molar-refractivity contribution in [2.75, 3.05) is 0 Å². The second-order valence-corrected chi connectivity index (χ2v) is 7.25. The van der Waals surface area contributed by atoms with Gasteiger partial charge in [-0.15, -0.1) is 0 Å². The van der Waals surface area contributed by atoms with Crippen LogP contribution in [0.15, 0.2) is 22.7 Å². The van der Waals surface area contributed by atoms with Crippen molar-refractivity contribution < 1.29 is 4.39 Å². The minimum Gasteiger partial charge on any atom is -0.206 e. The lowest BCUT2D eigenvalue weighted by Crippen LogP contribution is -2.26. The van der Waals surface area contributed by atoms with Crippen LogP contribution in [-0.2, 0) is 6.42 Å². The van der Waals surface area contributed by atoms with Gasteiger partial charge in [0.2, 0.25) is 0 Å². The van der Waals surface area contributed by atoms with Crippen LogP contribution in [-0.4, -0.2) is 4.83 Å². The summed E-state index contributed by atoms with van der Waals surface area (Å²) in [7, 11) is 0. The molecular weight excluding hydrogens is 359 g/mol. The van der Waals surface area contributed by atoms with Gasteiger partial charge in [0.1, 0.15) is 5.82 Å². The Morgan fingerprint density at radius 1 is 1.33 bits per heavy atom. The molecule has 3 heteroatoms. The van der Waals surface area contributed by atoms with Gasteiger partial charge >= 0.3 is 0 Å². The van der Waals surface area contributed by atoms with Crippen molar-refractivity contribution in [3.8, 4) is 0 Å². The van der Waals surface area contributed by atoms with Gasteiger partial charge in [-0.05, 0) is 65.1 Å². The molecule has 1 aliphatic carbocycles. The number of rotatable bonds is 3. The van der Waals surface area contributed by atoms with E-state index in [0.29, 0.717) is 15.2 Å². The monoisotopic (exact) mass is 376 g/mol. The second-order valence-electron chi connectivity index (χ2n) is 5.28. The highest BCUT2D eigenvalue weighted by atomic mass is 79.9. The fraction of sp³-hybridized carbons (Fsp3) is 0.600. The van der Waals surface area contributed by atoms with Gasteiger partial charge in [-0.1, -0.05) is 41.4 Å². The molecule has 3 unspecified atom stereocenters. The third kappa shape index (κ3) is 3.36. The first-order valence-electron chi connectivity index (χ1n) is 6.68. The molecule has 0 nitrogen and oxygen atoms in total. The van der Waals surface area contributed by atoms with E-state index in [0.717, 1.165) is 17.9 Å². The van der Waals surface area contributed by atoms with Gasteiger partial charge in [0, 0.05) is 4.83 Å². The summed E-state index contributed by atoms with van der Waals surface area (Å²) in [6, 6.07) is 5.34. The van der Waals surface area contributed by atoms with Gasteiger partial charge in [0.25, 0.3) is 0 Å². The standard InChI is InChI=1S/C15H19Br2F/c1-2-10-6-7-13(16)12(8-10)9-11-4-3-5-14(18)15(11)17/h3-5,10,12-13H,2,6-9H2,1H3. The zero-order valence-electron chi connectivity index (χ0n) is 10.6. The SMILES string of the molecule is CCC1CCC(Br)C(Cc2cccc(F)c2Br)C1. The van der Waals surface area contributed by atoms with Gasteiger partial charge in [0.15, 0.2) is 0 Å². The summed E-state index contributed by atoms with van der Waals surface area (Å²) in [5, 5.41) is 0. The quantitative estimate of drug-likeness (QED) is 0.591. The van der Waals surface area contributed by atoms with Crippen LogP contribution in [0, 0.1) is 17.7 Å². The van der Waals surface area contributed by atoms with E-state index >= 15 is 0 Å². The molecule has 0 amide bonds. The van der Waals surface area contributed by atoms with E-state index in [-0.39, 0.29) is 5.82 Å². The third-order valence-corrected chi connectivity index (χ3v) is 6.18. The van der Waals surface area contributed by atoms with Crippen molar-refractivity contribution in [2.45, 2.75) is 43.9 Å². The molecule has 1 fully saturated rings. The molecule has 1 aromatic rings. The van der Waals surface area contributed by atoms with E-state index in [1.807, 2.05) is 6.07 Å². The molecule has 0 aromatic heterocycles. The molecule has 0 radical (unpaired) electrons. The van der Waals surface area contributed by atoms with Crippen LogP contribution < -0.4 is 0 Å². The lowest BCUT2D eigenvalue weighted by atomic mass is 9.77. The number of alkyl halides is 1. The van der Waals surface area contributed by atoms with Gasteiger partial charge in [-0.25, -0.2) is 4.39 Å². The van der Waals surface area contributed by atoms with Crippen LogP contribution in [0.4, 0.5) is 4.39 Å². The Morgan fingerprint density at radius 2 is 2.11 bits per heavy atom. The minimum atomic E-state index is -0.151. The predicted molar refractivity (Wildman–Crippen MR) is 81.6 cm³/mol. The van der Waals surface area contributed by atoms with Crippen LogP contribution in [0.25, 0.3) is 0 Å². The highest BCUT2D eigenvalue weighted by Crippen LogP contribution is 2.38. The molecule has 0 N–H and O–H groups in total. The Hall–Kier alpha value is 0.110. The smallest absolute Gasteiger partial charge is 0.137 e. The van der Waals surface area contributed by atoms with E-state index < -0.39 is 0 Å². The van der Waals surface area contributed by atoms with Gasteiger partial charge in [-0.3, -0.25) is 0 Å². The molecule has 18 heavy (non-hydrogen) atoms. The third-order valence-electron chi connectivity index (χ3n) is 4.09. The average Bonchev–Trinajstić information content (AvgIpc) is 2.37. The highest BCUT2D eigenvalue weighted by Gasteiger charge is 2.28. The number of halogens is 3. The maximum absolute atomic E-state index is 13.5. The van der Waals surface area contributed by atoms with E-state index in [4.69, 9.17) is 0 Å². The molecule has 0 saturated heterocycles. The molecule has 3 atom stereocenters. The maximum atomic E-state index is 13.5. The van der Waals surface area contributed by atoms with E-state index in [1.54, 1.807) is 6.07 Å². The van der Waals surface area contributed by atoms with E-state index in [9.17, 15) is 4.39 Å². The fourth-order valence-corrected chi connectivity index (χ4v) is 3.99. The summed E-state index contributed by atoms with van der Waals surface area (Å²) in [4.78, 5) is 0.579. The number of hydrogen-bond acceptors (Lipinski definition) is 0. The Morgan fingerprint density at radius 3 is 2.83 bits per heavy atom. The topological polar surface area (TPSA) is 0 Å². The summed E-state index contributed by atoms with van der Waals surface area (Å²) in [5.74, 6) is 1.32. The summed E-state index contributed by atoms with van der Waals surface area (Å²) in [6.07, 6.45) is 6.06. The molecule has 0 spiro atoms. The number of hydrogen-bond donors (Lipinski definition) is 0. The average molecular weight is 378 g/mol. The summed E-state index contributed by atoms with van der Waals surface area (Å²) in [5.41, 5.74) is 1.10. The molecule has 1 aromatic carbocycles. The Kier molecular flexibility index (Phi) is 5.25. The Balaban J connectivity index is 2.09. The van der Waals surface area contributed by atoms with Crippen molar-refractivity contribution >= 4 is 31.9 Å². The Labute approximate surface area is 126 Å². The molecule has 1 aliphatic rings. The van der Waals surface area contributed by atoms with Crippen LogP contribution in [0.3, 0.4) is 0 Å². The van der Waals surface area contributed by atoms with Crippen LogP contribution in [0.2, 0.25) is 0 Å². The largest absolute Gasteiger partial charge is 0.206 e. The van der Waals surface area contributed by atoms with Crippen molar-refractivity contribution in [3.05, 3.63) is 34.1 Å². The van der Waals surface area contributed by atoms with Gasteiger partial charge < -0.3 is 0 Å². The molecular formula is C15H19Br2F. The summed E-state index contributed by atoms with van der Waals surface area (Å²) < 4.78 is 14.2. The first-order valence-corrected chi connectivity index (χ1v) is 8.39. The highest BCUT2D eigenvalue weighted by molar-refractivity contribution is 9.10. The fourth-order valence-electron chi connectivity index (χ4n) is 2.89. The molecule has 0 bridgehead atoms. The minimum absolute atomic E-state index is 0.151. The lowest BCUT2D eigenvalue weighted by Gasteiger charge is -2.33. The summed E-state index contributed by atoms with van der Waals surface area (Å²) >= 11 is 7.17. The zero-order valence-corrected chi connectivity index (χ0v) is 13.8.